The lowest BCUT2D eigenvalue weighted by atomic mass is 10.3. The maximum Gasteiger partial charge on any atom is 0.203 e. The van der Waals surface area contributed by atoms with Crippen molar-refractivity contribution in [3.05, 3.63) is 42.5 Å². The third kappa shape index (κ3) is 3.31. The van der Waals surface area contributed by atoms with E-state index in [4.69, 9.17) is 0 Å². The van der Waals surface area contributed by atoms with E-state index in [2.05, 4.69) is 32.8 Å². The van der Waals surface area contributed by atoms with Gasteiger partial charge in [0.1, 0.15) is 0 Å². The van der Waals surface area contributed by atoms with Crippen molar-refractivity contribution in [2.45, 2.75) is 26.3 Å². The number of anilines is 1. The standard InChI is InChI=1S/C13H18N4/c1-2-3-7-15-13-16-8-9-17(13)11-12-5-4-6-14-10-12/h4-6,8-10H,2-3,7,11H2,1H3,(H,15,16). The van der Waals surface area contributed by atoms with Gasteiger partial charge in [-0.15, -0.1) is 0 Å². The zero-order valence-electron chi connectivity index (χ0n) is 10.1. The summed E-state index contributed by atoms with van der Waals surface area (Å²) in [5, 5.41) is 3.35. The molecule has 2 aromatic heterocycles. The highest BCUT2D eigenvalue weighted by Gasteiger charge is 2.02. The molecule has 0 aromatic carbocycles. The highest BCUT2D eigenvalue weighted by atomic mass is 15.2. The van der Waals surface area contributed by atoms with Crippen LogP contribution in [0.15, 0.2) is 36.9 Å². The molecule has 17 heavy (non-hydrogen) atoms. The van der Waals surface area contributed by atoms with Gasteiger partial charge in [-0.25, -0.2) is 4.98 Å². The minimum atomic E-state index is 0.808. The van der Waals surface area contributed by atoms with Crippen LogP contribution >= 0.6 is 0 Å². The first-order valence-corrected chi connectivity index (χ1v) is 6.04. The topological polar surface area (TPSA) is 42.7 Å². The predicted molar refractivity (Wildman–Crippen MR) is 69.0 cm³/mol. The molecular formula is C13H18N4. The fraction of sp³-hybridized carbons (Fsp3) is 0.385. The number of unbranched alkanes of at least 4 members (excludes halogenated alkanes) is 1. The van der Waals surface area contributed by atoms with Gasteiger partial charge in [0.05, 0.1) is 6.54 Å². The van der Waals surface area contributed by atoms with Crippen LogP contribution in [-0.4, -0.2) is 21.1 Å². The summed E-state index contributed by atoms with van der Waals surface area (Å²) in [4.78, 5) is 8.43. The van der Waals surface area contributed by atoms with Gasteiger partial charge in [0.25, 0.3) is 0 Å². The number of nitrogens with zero attached hydrogens (tertiary/aromatic N) is 3. The molecule has 0 radical (unpaired) electrons. The lowest BCUT2D eigenvalue weighted by molar-refractivity contribution is 0.773. The Hall–Kier alpha value is -1.84. The Morgan fingerprint density at radius 1 is 1.35 bits per heavy atom. The smallest absolute Gasteiger partial charge is 0.203 e. The van der Waals surface area contributed by atoms with Crippen molar-refractivity contribution in [2.75, 3.05) is 11.9 Å². The summed E-state index contributed by atoms with van der Waals surface area (Å²) >= 11 is 0. The first-order valence-electron chi connectivity index (χ1n) is 6.04. The van der Waals surface area contributed by atoms with E-state index < -0.39 is 0 Å². The summed E-state index contributed by atoms with van der Waals surface area (Å²) in [5.74, 6) is 0.933. The number of hydrogen-bond donors (Lipinski definition) is 1. The second-order valence-corrected chi connectivity index (χ2v) is 4.02. The van der Waals surface area contributed by atoms with Crippen LogP contribution in [0, 0.1) is 0 Å². The molecule has 0 unspecified atom stereocenters. The van der Waals surface area contributed by atoms with E-state index in [0.717, 1.165) is 19.0 Å². The van der Waals surface area contributed by atoms with Gasteiger partial charge in [-0.3, -0.25) is 4.98 Å². The minimum absolute atomic E-state index is 0.808. The zero-order valence-corrected chi connectivity index (χ0v) is 10.1. The van der Waals surface area contributed by atoms with Crippen molar-refractivity contribution >= 4 is 5.95 Å². The molecule has 90 valence electrons. The Morgan fingerprint density at radius 3 is 3.06 bits per heavy atom. The molecule has 0 aliphatic rings. The number of imidazole rings is 1. The van der Waals surface area contributed by atoms with E-state index in [1.165, 1.54) is 18.4 Å². The van der Waals surface area contributed by atoms with Crippen LogP contribution < -0.4 is 5.32 Å². The molecule has 0 atom stereocenters. The molecule has 0 saturated carbocycles. The van der Waals surface area contributed by atoms with Gasteiger partial charge in [-0.2, -0.15) is 0 Å². The molecule has 2 aromatic rings. The molecule has 0 saturated heterocycles. The summed E-state index contributed by atoms with van der Waals surface area (Å²) in [6, 6.07) is 4.03. The van der Waals surface area contributed by atoms with E-state index in [1.54, 1.807) is 6.20 Å². The Bertz CT molecular complexity index is 436. The van der Waals surface area contributed by atoms with Crippen LogP contribution in [0.1, 0.15) is 25.3 Å². The van der Waals surface area contributed by atoms with Crippen LogP contribution in [0.25, 0.3) is 0 Å². The molecule has 0 bridgehead atoms. The summed E-state index contributed by atoms with van der Waals surface area (Å²) < 4.78 is 2.10. The molecule has 2 heterocycles. The van der Waals surface area contributed by atoms with E-state index >= 15 is 0 Å². The van der Waals surface area contributed by atoms with Crippen molar-refractivity contribution in [3.63, 3.8) is 0 Å². The van der Waals surface area contributed by atoms with Gasteiger partial charge in [0.2, 0.25) is 5.95 Å². The van der Waals surface area contributed by atoms with Gasteiger partial charge in [0.15, 0.2) is 0 Å². The van der Waals surface area contributed by atoms with Crippen LogP contribution in [0.4, 0.5) is 5.95 Å². The first kappa shape index (κ1) is 11.6. The van der Waals surface area contributed by atoms with E-state index in [-0.39, 0.29) is 0 Å². The van der Waals surface area contributed by atoms with Gasteiger partial charge < -0.3 is 9.88 Å². The average molecular weight is 230 g/mol. The molecule has 0 fully saturated rings. The molecule has 4 heteroatoms. The predicted octanol–water partition coefficient (Wildman–Crippen LogP) is 2.54. The van der Waals surface area contributed by atoms with Crippen LogP contribution in [0.3, 0.4) is 0 Å². The third-order valence-electron chi connectivity index (χ3n) is 2.60. The molecule has 0 spiro atoms. The lowest BCUT2D eigenvalue weighted by Crippen LogP contribution is -2.09. The highest BCUT2D eigenvalue weighted by molar-refractivity contribution is 5.27. The van der Waals surface area contributed by atoms with Gasteiger partial charge >= 0.3 is 0 Å². The third-order valence-corrected chi connectivity index (χ3v) is 2.60. The largest absolute Gasteiger partial charge is 0.356 e. The molecule has 1 N–H and O–H groups in total. The summed E-state index contributed by atoms with van der Waals surface area (Å²) in [7, 11) is 0. The normalized spacial score (nSPS) is 10.4. The van der Waals surface area contributed by atoms with Crippen LogP contribution in [0.5, 0.6) is 0 Å². The number of nitrogens with one attached hydrogen (secondary N) is 1. The van der Waals surface area contributed by atoms with E-state index in [9.17, 15) is 0 Å². The van der Waals surface area contributed by atoms with Gasteiger partial charge in [-0.1, -0.05) is 19.4 Å². The van der Waals surface area contributed by atoms with Crippen molar-refractivity contribution in [2.24, 2.45) is 0 Å². The van der Waals surface area contributed by atoms with E-state index in [0.29, 0.717) is 0 Å². The number of hydrogen-bond acceptors (Lipinski definition) is 3. The summed E-state index contributed by atoms with van der Waals surface area (Å²) in [6.07, 6.45) is 9.84. The molecular weight excluding hydrogens is 212 g/mol. The van der Waals surface area contributed by atoms with Crippen molar-refractivity contribution < 1.29 is 0 Å². The van der Waals surface area contributed by atoms with Crippen LogP contribution in [0.2, 0.25) is 0 Å². The molecule has 4 nitrogen and oxygen atoms in total. The second-order valence-electron chi connectivity index (χ2n) is 4.02. The van der Waals surface area contributed by atoms with Crippen LogP contribution in [-0.2, 0) is 6.54 Å². The Balaban J connectivity index is 1.99. The lowest BCUT2D eigenvalue weighted by Gasteiger charge is -2.09. The van der Waals surface area contributed by atoms with Gasteiger partial charge in [-0.05, 0) is 18.1 Å². The number of rotatable bonds is 6. The van der Waals surface area contributed by atoms with Crippen molar-refractivity contribution in [3.8, 4) is 0 Å². The number of aromatic nitrogens is 3. The minimum Gasteiger partial charge on any atom is -0.356 e. The molecule has 0 aliphatic heterocycles. The second kappa shape index (κ2) is 6.03. The fourth-order valence-corrected chi connectivity index (χ4v) is 1.67. The maximum atomic E-state index is 4.32. The number of pyridine rings is 1. The SMILES string of the molecule is CCCCNc1nccn1Cc1cccnc1. The Labute approximate surface area is 102 Å². The maximum absolute atomic E-state index is 4.32. The summed E-state index contributed by atoms with van der Waals surface area (Å²) in [6.45, 7) is 3.96. The molecule has 2 rings (SSSR count). The monoisotopic (exact) mass is 230 g/mol. The highest BCUT2D eigenvalue weighted by Crippen LogP contribution is 2.08. The molecule has 0 amide bonds. The fourth-order valence-electron chi connectivity index (χ4n) is 1.67. The average Bonchev–Trinajstić information content (AvgIpc) is 2.79. The van der Waals surface area contributed by atoms with Crippen molar-refractivity contribution in [1.29, 1.82) is 0 Å². The summed E-state index contributed by atoms with van der Waals surface area (Å²) in [5.41, 5.74) is 1.18. The zero-order chi connectivity index (χ0) is 11.9. The van der Waals surface area contributed by atoms with Gasteiger partial charge in [0, 0.05) is 31.3 Å². The Morgan fingerprint density at radius 2 is 2.29 bits per heavy atom. The van der Waals surface area contributed by atoms with Crippen molar-refractivity contribution in [1.82, 2.24) is 14.5 Å². The van der Waals surface area contributed by atoms with E-state index in [1.807, 2.05) is 24.7 Å². The molecule has 0 aliphatic carbocycles. The Kier molecular flexibility index (Phi) is 4.13. The quantitative estimate of drug-likeness (QED) is 0.775. The first-order chi connectivity index (χ1) is 8.40.